The van der Waals surface area contributed by atoms with Gasteiger partial charge in [-0.2, -0.15) is 5.26 Å². The van der Waals surface area contributed by atoms with E-state index in [9.17, 15) is 18.0 Å². The summed E-state index contributed by atoms with van der Waals surface area (Å²) in [5.41, 5.74) is -0.0656. The predicted octanol–water partition coefficient (Wildman–Crippen LogP) is 1.98. The topological polar surface area (TPSA) is 44.1 Å². The first-order valence-corrected chi connectivity index (χ1v) is 4.87. The van der Waals surface area contributed by atoms with E-state index in [1.165, 1.54) is 0 Å². The standard InChI is InChI=1S/C11H7F3N2O/c12-8-2-7(3-9(13)11(8)14)16-5-6(4-15)1-10(16)17/h2-3,6H,1,5H2. The quantitative estimate of drug-likeness (QED) is 0.704. The molecule has 1 aliphatic rings. The molecule has 0 aliphatic carbocycles. The zero-order valence-corrected chi connectivity index (χ0v) is 8.58. The average Bonchev–Trinajstić information content (AvgIpc) is 2.67. The van der Waals surface area contributed by atoms with Crippen molar-refractivity contribution in [3.63, 3.8) is 0 Å². The number of benzene rings is 1. The lowest BCUT2D eigenvalue weighted by Gasteiger charge is -2.16. The van der Waals surface area contributed by atoms with E-state index in [1.807, 2.05) is 6.07 Å². The molecule has 1 heterocycles. The van der Waals surface area contributed by atoms with Crippen molar-refractivity contribution in [1.82, 2.24) is 0 Å². The summed E-state index contributed by atoms with van der Waals surface area (Å²) in [5.74, 6) is -5.18. The van der Waals surface area contributed by atoms with E-state index in [2.05, 4.69) is 0 Å². The second-order valence-electron chi connectivity index (χ2n) is 3.76. The summed E-state index contributed by atoms with van der Waals surface area (Å²) in [5, 5.41) is 8.66. The number of anilines is 1. The molecule has 1 aromatic carbocycles. The Morgan fingerprint density at radius 3 is 2.35 bits per heavy atom. The van der Waals surface area contributed by atoms with Crippen LogP contribution in [0, 0.1) is 34.7 Å². The van der Waals surface area contributed by atoms with Crippen LogP contribution in [0.2, 0.25) is 0 Å². The summed E-state index contributed by atoms with van der Waals surface area (Å²) in [7, 11) is 0. The maximum Gasteiger partial charge on any atom is 0.228 e. The molecule has 0 N–H and O–H groups in total. The van der Waals surface area contributed by atoms with E-state index in [0.29, 0.717) is 0 Å². The molecule has 0 radical (unpaired) electrons. The van der Waals surface area contributed by atoms with Crippen LogP contribution >= 0.6 is 0 Å². The van der Waals surface area contributed by atoms with Crippen LogP contribution in [0.3, 0.4) is 0 Å². The third kappa shape index (κ3) is 1.96. The zero-order valence-electron chi connectivity index (χ0n) is 8.58. The predicted molar refractivity (Wildman–Crippen MR) is 52.4 cm³/mol. The van der Waals surface area contributed by atoms with Gasteiger partial charge in [-0.3, -0.25) is 4.79 Å². The Morgan fingerprint density at radius 2 is 1.88 bits per heavy atom. The Morgan fingerprint density at radius 1 is 1.29 bits per heavy atom. The number of nitrogens with zero attached hydrogens (tertiary/aromatic N) is 2. The van der Waals surface area contributed by atoms with Gasteiger partial charge in [0.15, 0.2) is 17.5 Å². The molecule has 17 heavy (non-hydrogen) atoms. The highest BCUT2D eigenvalue weighted by molar-refractivity contribution is 5.96. The highest BCUT2D eigenvalue weighted by Gasteiger charge is 2.31. The Kier molecular flexibility index (Phi) is 2.76. The van der Waals surface area contributed by atoms with Crippen LogP contribution in [0.25, 0.3) is 0 Å². The highest BCUT2D eigenvalue weighted by atomic mass is 19.2. The van der Waals surface area contributed by atoms with Gasteiger partial charge in [0.25, 0.3) is 0 Å². The Balaban J connectivity index is 2.36. The average molecular weight is 240 g/mol. The van der Waals surface area contributed by atoms with E-state index < -0.39 is 29.3 Å². The van der Waals surface area contributed by atoms with Crippen molar-refractivity contribution in [2.24, 2.45) is 5.92 Å². The molecule has 1 unspecified atom stereocenters. The van der Waals surface area contributed by atoms with Crippen molar-refractivity contribution in [2.75, 3.05) is 11.4 Å². The molecule has 2 rings (SSSR count). The molecule has 1 amide bonds. The molecule has 1 saturated heterocycles. The first kappa shape index (κ1) is 11.5. The number of halogens is 3. The van der Waals surface area contributed by atoms with Gasteiger partial charge >= 0.3 is 0 Å². The maximum absolute atomic E-state index is 13.0. The molecule has 0 spiro atoms. The molecular weight excluding hydrogens is 233 g/mol. The minimum Gasteiger partial charge on any atom is -0.311 e. The lowest BCUT2D eigenvalue weighted by Crippen LogP contribution is -2.24. The third-order valence-electron chi connectivity index (χ3n) is 2.59. The van der Waals surface area contributed by atoms with Crippen molar-refractivity contribution >= 4 is 11.6 Å². The fraction of sp³-hybridized carbons (Fsp3) is 0.273. The van der Waals surface area contributed by atoms with Crippen molar-refractivity contribution in [2.45, 2.75) is 6.42 Å². The van der Waals surface area contributed by atoms with Crippen LogP contribution in [0.4, 0.5) is 18.9 Å². The van der Waals surface area contributed by atoms with Gasteiger partial charge in [0.05, 0.1) is 12.0 Å². The van der Waals surface area contributed by atoms with Gasteiger partial charge in [-0.1, -0.05) is 0 Å². The van der Waals surface area contributed by atoms with E-state index in [0.717, 1.165) is 17.0 Å². The van der Waals surface area contributed by atoms with Gasteiger partial charge < -0.3 is 4.90 Å². The number of hydrogen-bond acceptors (Lipinski definition) is 2. The SMILES string of the molecule is N#CC1CC(=O)N(c2cc(F)c(F)c(F)c2)C1. The number of carbonyl (C=O) groups excluding carboxylic acids is 1. The Labute approximate surface area is 95.1 Å². The second kappa shape index (κ2) is 4.09. The first-order chi connectivity index (χ1) is 8.02. The van der Waals surface area contributed by atoms with Gasteiger partial charge in [-0.25, -0.2) is 13.2 Å². The normalized spacial score (nSPS) is 19.5. The van der Waals surface area contributed by atoms with Crippen LogP contribution in [0.15, 0.2) is 12.1 Å². The molecule has 6 heteroatoms. The summed E-state index contributed by atoms with van der Waals surface area (Å²) in [4.78, 5) is 12.6. The summed E-state index contributed by atoms with van der Waals surface area (Å²) in [6.07, 6.45) is 0.0110. The Bertz CT molecular complexity index is 501. The largest absolute Gasteiger partial charge is 0.311 e. The molecular formula is C11H7F3N2O. The van der Waals surface area contributed by atoms with Gasteiger partial charge in [-0.05, 0) is 0 Å². The fourth-order valence-electron chi connectivity index (χ4n) is 1.74. The van der Waals surface area contributed by atoms with Crippen LogP contribution in [-0.2, 0) is 4.79 Å². The number of nitriles is 1. The van der Waals surface area contributed by atoms with Crippen LogP contribution < -0.4 is 4.90 Å². The fourth-order valence-corrected chi connectivity index (χ4v) is 1.74. The summed E-state index contributed by atoms with van der Waals surface area (Å²) in [6, 6.07) is 3.40. The molecule has 3 nitrogen and oxygen atoms in total. The summed E-state index contributed by atoms with van der Waals surface area (Å²) in [6.45, 7) is 0.0693. The van der Waals surface area contributed by atoms with E-state index >= 15 is 0 Å². The van der Waals surface area contributed by atoms with Crippen LogP contribution in [0.1, 0.15) is 6.42 Å². The minimum atomic E-state index is -1.57. The lowest BCUT2D eigenvalue weighted by molar-refractivity contribution is -0.117. The molecule has 0 aromatic heterocycles. The third-order valence-corrected chi connectivity index (χ3v) is 2.59. The van der Waals surface area contributed by atoms with E-state index in [4.69, 9.17) is 5.26 Å². The van der Waals surface area contributed by atoms with Crippen LogP contribution in [-0.4, -0.2) is 12.5 Å². The zero-order chi connectivity index (χ0) is 12.6. The van der Waals surface area contributed by atoms with E-state index in [1.54, 1.807) is 0 Å². The molecule has 1 atom stereocenters. The smallest absolute Gasteiger partial charge is 0.228 e. The maximum atomic E-state index is 13.0. The van der Waals surface area contributed by atoms with Gasteiger partial charge in [0.2, 0.25) is 5.91 Å². The van der Waals surface area contributed by atoms with Crippen molar-refractivity contribution in [3.05, 3.63) is 29.6 Å². The Hall–Kier alpha value is -2.03. The molecule has 0 saturated carbocycles. The highest BCUT2D eigenvalue weighted by Crippen LogP contribution is 2.27. The van der Waals surface area contributed by atoms with Crippen molar-refractivity contribution in [1.29, 1.82) is 5.26 Å². The minimum absolute atomic E-state index is 0.0110. The number of hydrogen-bond donors (Lipinski definition) is 0. The van der Waals surface area contributed by atoms with Crippen molar-refractivity contribution < 1.29 is 18.0 Å². The summed E-state index contributed by atoms with van der Waals surface area (Å²) < 4.78 is 38.7. The van der Waals surface area contributed by atoms with E-state index in [-0.39, 0.29) is 18.7 Å². The molecule has 1 fully saturated rings. The lowest BCUT2D eigenvalue weighted by atomic mass is 10.1. The summed E-state index contributed by atoms with van der Waals surface area (Å²) >= 11 is 0. The van der Waals surface area contributed by atoms with Gasteiger partial charge in [0.1, 0.15) is 0 Å². The molecule has 1 aromatic rings. The second-order valence-corrected chi connectivity index (χ2v) is 3.76. The molecule has 0 bridgehead atoms. The first-order valence-electron chi connectivity index (χ1n) is 4.87. The van der Waals surface area contributed by atoms with Gasteiger partial charge in [-0.15, -0.1) is 0 Å². The number of carbonyl (C=O) groups is 1. The van der Waals surface area contributed by atoms with Gasteiger partial charge in [0, 0.05) is 30.8 Å². The number of amides is 1. The number of rotatable bonds is 1. The monoisotopic (exact) mass is 240 g/mol. The molecule has 88 valence electrons. The van der Waals surface area contributed by atoms with Crippen LogP contribution in [0.5, 0.6) is 0 Å². The molecule has 1 aliphatic heterocycles. The van der Waals surface area contributed by atoms with Crippen molar-refractivity contribution in [3.8, 4) is 6.07 Å².